The van der Waals surface area contributed by atoms with Crippen LogP contribution < -0.4 is 4.90 Å². The largest absolute Gasteiger partial charge is 0.379 e. The van der Waals surface area contributed by atoms with Crippen LogP contribution in [0.25, 0.3) is 11.2 Å². The zero-order valence-electron chi connectivity index (χ0n) is 17.8. The summed E-state index contributed by atoms with van der Waals surface area (Å²) >= 11 is 6.21. The Hall–Kier alpha value is -2.01. The average molecular weight is 450 g/mol. The van der Waals surface area contributed by atoms with Crippen LogP contribution in [0.3, 0.4) is 0 Å². The van der Waals surface area contributed by atoms with E-state index in [1.54, 1.807) is 4.57 Å². The zero-order chi connectivity index (χ0) is 21.4. The van der Waals surface area contributed by atoms with Gasteiger partial charge in [0.25, 0.3) is 5.91 Å². The minimum atomic E-state index is -0.0648. The van der Waals surface area contributed by atoms with E-state index in [9.17, 15) is 4.79 Å². The molecule has 3 aliphatic heterocycles. The fourth-order valence-electron chi connectivity index (χ4n) is 4.73. The van der Waals surface area contributed by atoms with Gasteiger partial charge in [-0.15, -0.1) is 0 Å². The number of likely N-dealkylation sites (tertiary alicyclic amines) is 1. The average Bonchev–Trinajstić information content (AvgIpc) is 3.15. The van der Waals surface area contributed by atoms with Gasteiger partial charge >= 0.3 is 0 Å². The second-order valence-electron chi connectivity index (χ2n) is 8.25. The van der Waals surface area contributed by atoms with E-state index in [1.165, 1.54) is 0 Å². The molecule has 10 nitrogen and oxygen atoms in total. The van der Waals surface area contributed by atoms with Crippen molar-refractivity contribution in [2.24, 2.45) is 7.05 Å². The molecule has 0 aromatic carbocycles. The standard InChI is InChI=1S/C20H28ClN7O3/c1-25-16-15(17(24-20(21)23-16)27-8-12-31-13-9-27)22-18(25)19(29)28-4-2-14(3-5-28)26-6-10-30-11-7-26/h14H,2-13H2,1H3. The highest BCUT2D eigenvalue weighted by Crippen LogP contribution is 2.27. The highest BCUT2D eigenvalue weighted by molar-refractivity contribution is 6.28. The fraction of sp³-hybridized carbons (Fsp3) is 0.700. The number of hydrogen-bond donors (Lipinski definition) is 0. The minimum absolute atomic E-state index is 0.0648. The van der Waals surface area contributed by atoms with Crippen molar-refractivity contribution in [1.82, 2.24) is 29.3 Å². The Morgan fingerprint density at radius 3 is 2.26 bits per heavy atom. The molecule has 0 spiro atoms. The molecule has 3 aliphatic rings. The third kappa shape index (κ3) is 4.09. The Morgan fingerprint density at radius 1 is 0.935 bits per heavy atom. The first kappa shape index (κ1) is 20.9. The predicted octanol–water partition coefficient (Wildman–Crippen LogP) is 0.790. The third-order valence-corrected chi connectivity index (χ3v) is 6.66. The maximum Gasteiger partial charge on any atom is 0.289 e. The molecule has 2 aromatic heterocycles. The van der Waals surface area contributed by atoms with E-state index in [0.29, 0.717) is 55.2 Å². The number of fused-ring (bicyclic) bond motifs is 1. The van der Waals surface area contributed by atoms with Gasteiger partial charge in [-0.2, -0.15) is 9.97 Å². The Balaban J connectivity index is 1.36. The van der Waals surface area contributed by atoms with Gasteiger partial charge in [0.1, 0.15) is 0 Å². The van der Waals surface area contributed by atoms with Crippen LogP contribution >= 0.6 is 11.6 Å². The van der Waals surface area contributed by atoms with Gasteiger partial charge in [0.05, 0.1) is 26.4 Å². The van der Waals surface area contributed by atoms with Crippen LogP contribution in [0.2, 0.25) is 5.28 Å². The molecule has 0 N–H and O–H groups in total. The van der Waals surface area contributed by atoms with Gasteiger partial charge in [-0.1, -0.05) is 0 Å². The van der Waals surface area contributed by atoms with E-state index in [1.807, 2.05) is 11.9 Å². The summed E-state index contributed by atoms with van der Waals surface area (Å²) in [6, 6.07) is 0.519. The summed E-state index contributed by atoms with van der Waals surface area (Å²) in [4.78, 5) is 33.3. The Kier molecular flexibility index (Phi) is 5.96. The van der Waals surface area contributed by atoms with Crippen molar-refractivity contribution in [1.29, 1.82) is 0 Å². The van der Waals surface area contributed by atoms with Crippen molar-refractivity contribution in [3.8, 4) is 0 Å². The van der Waals surface area contributed by atoms with Crippen molar-refractivity contribution in [3.05, 3.63) is 11.1 Å². The number of morpholine rings is 2. The smallest absolute Gasteiger partial charge is 0.289 e. The molecule has 0 unspecified atom stereocenters. The van der Waals surface area contributed by atoms with Gasteiger partial charge in [0.2, 0.25) is 11.1 Å². The number of anilines is 1. The molecule has 0 bridgehead atoms. The molecule has 5 heterocycles. The lowest BCUT2D eigenvalue weighted by atomic mass is 10.0. The fourth-order valence-corrected chi connectivity index (χ4v) is 4.89. The molecule has 0 radical (unpaired) electrons. The number of ether oxygens (including phenoxy) is 2. The first-order valence-corrected chi connectivity index (χ1v) is 11.3. The lowest BCUT2D eigenvalue weighted by Gasteiger charge is -2.39. The number of imidazole rings is 1. The van der Waals surface area contributed by atoms with E-state index >= 15 is 0 Å². The number of carbonyl (C=O) groups is 1. The quantitative estimate of drug-likeness (QED) is 0.635. The summed E-state index contributed by atoms with van der Waals surface area (Å²) in [6.45, 7) is 7.68. The van der Waals surface area contributed by atoms with E-state index in [-0.39, 0.29) is 11.2 Å². The molecule has 0 atom stereocenters. The Labute approximate surface area is 186 Å². The number of aromatic nitrogens is 4. The van der Waals surface area contributed by atoms with Gasteiger partial charge in [-0.3, -0.25) is 9.69 Å². The molecule has 0 saturated carbocycles. The molecule has 5 rings (SSSR count). The third-order valence-electron chi connectivity index (χ3n) is 6.49. The number of halogens is 1. The lowest BCUT2D eigenvalue weighted by molar-refractivity contribution is 0.00143. The van der Waals surface area contributed by atoms with Crippen molar-refractivity contribution in [2.75, 3.05) is 70.6 Å². The summed E-state index contributed by atoms with van der Waals surface area (Å²) < 4.78 is 12.7. The molecular weight excluding hydrogens is 422 g/mol. The second-order valence-corrected chi connectivity index (χ2v) is 8.59. The molecule has 3 saturated heterocycles. The summed E-state index contributed by atoms with van der Waals surface area (Å²) in [7, 11) is 1.81. The summed E-state index contributed by atoms with van der Waals surface area (Å²) in [6.07, 6.45) is 1.95. The van der Waals surface area contributed by atoms with Gasteiger partial charge in [-0.05, 0) is 24.4 Å². The first-order chi connectivity index (χ1) is 15.1. The van der Waals surface area contributed by atoms with E-state index in [4.69, 9.17) is 26.1 Å². The van der Waals surface area contributed by atoms with E-state index < -0.39 is 0 Å². The van der Waals surface area contributed by atoms with Crippen molar-refractivity contribution >= 4 is 34.5 Å². The van der Waals surface area contributed by atoms with Gasteiger partial charge in [-0.25, -0.2) is 4.98 Å². The van der Waals surface area contributed by atoms with Crippen molar-refractivity contribution < 1.29 is 14.3 Å². The number of rotatable bonds is 3. The number of hydrogen-bond acceptors (Lipinski definition) is 8. The predicted molar refractivity (Wildman–Crippen MR) is 116 cm³/mol. The number of aryl methyl sites for hydroxylation is 1. The van der Waals surface area contributed by atoms with Gasteiger partial charge in [0, 0.05) is 52.4 Å². The number of piperidine rings is 1. The molecule has 168 valence electrons. The van der Waals surface area contributed by atoms with Crippen LogP contribution in [0.4, 0.5) is 5.82 Å². The van der Waals surface area contributed by atoms with Crippen LogP contribution in [0.5, 0.6) is 0 Å². The SMILES string of the molecule is Cn1c(C(=O)N2CCC(N3CCOCC3)CC2)nc2c(N3CCOCC3)nc(Cl)nc21. The summed E-state index contributed by atoms with van der Waals surface area (Å²) in [5, 5.41) is 0.155. The van der Waals surface area contributed by atoms with Crippen LogP contribution in [0.15, 0.2) is 0 Å². The van der Waals surface area contributed by atoms with Crippen LogP contribution in [0, 0.1) is 0 Å². The number of amides is 1. The van der Waals surface area contributed by atoms with Gasteiger partial charge < -0.3 is 23.8 Å². The Morgan fingerprint density at radius 2 is 1.58 bits per heavy atom. The number of carbonyl (C=O) groups excluding carboxylic acids is 1. The molecule has 3 fully saturated rings. The second kappa shape index (κ2) is 8.85. The maximum atomic E-state index is 13.3. The molecule has 31 heavy (non-hydrogen) atoms. The summed E-state index contributed by atoms with van der Waals surface area (Å²) in [5.74, 6) is 0.981. The highest BCUT2D eigenvalue weighted by atomic mass is 35.5. The zero-order valence-corrected chi connectivity index (χ0v) is 18.6. The van der Waals surface area contributed by atoms with Crippen LogP contribution in [-0.2, 0) is 16.5 Å². The van der Waals surface area contributed by atoms with Crippen molar-refractivity contribution in [3.63, 3.8) is 0 Å². The highest BCUT2D eigenvalue weighted by Gasteiger charge is 2.31. The van der Waals surface area contributed by atoms with E-state index in [0.717, 1.165) is 52.2 Å². The molecule has 2 aromatic rings. The van der Waals surface area contributed by atoms with E-state index in [2.05, 4.69) is 19.8 Å². The summed E-state index contributed by atoms with van der Waals surface area (Å²) in [5.41, 5.74) is 1.19. The lowest BCUT2D eigenvalue weighted by Crippen LogP contribution is -2.50. The van der Waals surface area contributed by atoms with Crippen molar-refractivity contribution in [2.45, 2.75) is 18.9 Å². The maximum absolute atomic E-state index is 13.3. The molecule has 0 aliphatic carbocycles. The molecular formula is C20H28ClN7O3. The minimum Gasteiger partial charge on any atom is -0.379 e. The monoisotopic (exact) mass is 449 g/mol. The van der Waals surface area contributed by atoms with Gasteiger partial charge in [0.15, 0.2) is 17.0 Å². The molecule has 1 amide bonds. The normalized spacial score (nSPS) is 21.7. The Bertz CT molecular complexity index is 948. The van der Waals surface area contributed by atoms with Crippen LogP contribution in [0.1, 0.15) is 23.5 Å². The number of nitrogens with zero attached hydrogens (tertiary/aromatic N) is 7. The topological polar surface area (TPSA) is 88.9 Å². The van der Waals surface area contributed by atoms with Crippen LogP contribution in [-0.4, -0.2) is 107 Å². The molecule has 11 heteroatoms. The first-order valence-electron chi connectivity index (χ1n) is 11.0.